The first kappa shape index (κ1) is 13.6. The number of benzene rings is 1. The Morgan fingerprint density at radius 2 is 2.11 bits per heavy atom. The molecule has 0 saturated carbocycles. The zero-order chi connectivity index (χ0) is 14.0. The number of thiazole rings is 1. The highest BCUT2D eigenvalue weighted by Gasteiger charge is 2.17. The quantitative estimate of drug-likeness (QED) is 0.936. The first-order valence-corrected chi connectivity index (χ1v) is 6.48. The molecule has 1 N–H and O–H groups in total. The van der Waals surface area contributed by atoms with Gasteiger partial charge in [-0.15, -0.1) is 11.3 Å². The second-order valence-corrected chi connectivity index (χ2v) is 5.05. The van der Waals surface area contributed by atoms with E-state index in [1.54, 1.807) is 0 Å². The Morgan fingerprint density at radius 1 is 1.37 bits per heavy atom. The third-order valence-corrected chi connectivity index (χ3v) is 3.82. The Hall–Kier alpha value is -1.82. The number of carboxylic acids is 1. The molecule has 0 atom stereocenters. The van der Waals surface area contributed by atoms with E-state index >= 15 is 0 Å². The molecule has 19 heavy (non-hydrogen) atoms. The van der Waals surface area contributed by atoms with Crippen LogP contribution in [0.15, 0.2) is 18.2 Å². The van der Waals surface area contributed by atoms with E-state index in [9.17, 15) is 13.6 Å². The molecule has 2 aromatic rings. The molecule has 0 saturated heterocycles. The summed E-state index contributed by atoms with van der Waals surface area (Å²) in [6, 6.07) is 3.51. The smallest absolute Gasteiger partial charge is 0.347 e. The fourth-order valence-corrected chi connectivity index (χ4v) is 2.54. The van der Waals surface area contributed by atoms with Crippen molar-refractivity contribution in [1.29, 1.82) is 0 Å². The summed E-state index contributed by atoms with van der Waals surface area (Å²) < 4.78 is 25.9. The molecule has 6 heteroatoms. The largest absolute Gasteiger partial charge is 0.477 e. The molecule has 2 rings (SSSR count). The van der Waals surface area contributed by atoms with Gasteiger partial charge in [-0.2, -0.15) is 0 Å². The van der Waals surface area contributed by atoms with Crippen LogP contribution in [-0.4, -0.2) is 16.1 Å². The first-order chi connectivity index (χ1) is 9.01. The van der Waals surface area contributed by atoms with Crippen molar-refractivity contribution in [2.45, 2.75) is 19.8 Å². The molecule has 1 heterocycles. The van der Waals surface area contributed by atoms with Crippen LogP contribution in [0.5, 0.6) is 0 Å². The molecule has 0 amide bonds. The molecule has 0 spiro atoms. The molecule has 0 radical (unpaired) electrons. The minimum Gasteiger partial charge on any atom is -0.477 e. The number of halogens is 2. The van der Waals surface area contributed by atoms with Gasteiger partial charge in [0.15, 0.2) is 11.6 Å². The fourth-order valence-electron chi connectivity index (χ4n) is 1.68. The fraction of sp³-hybridized carbons (Fsp3) is 0.231. The number of aromatic carboxylic acids is 1. The maximum atomic E-state index is 13.1. The molecule has 1 aromatic carbocycles. The molecule has 3 nitrogen and oxygen atoms in total. The maximum absolute atomic E-state index is 13.1. The molecule has 0 fully saturated rings. The van der Waals surface area contributed by atoms with Gasteiger partial charge in [0.05, 0.1) is 10.7 Å². The Balaban J connectivity index is 2.34. The summed E-state index contributed by atoms with van der Waals surface area (Å²) in [5, 5.41) is 9.81. The summed E-state index contributed by atoms with van der Waals surface area (Å²) in [6.07, 6.45) is 0.818. The summed E-state index contributed by atoms with van der Waals surface area (Å²) in [7, 11) is 0. The van der Waals surface area contributed by atoms with Crippen LogP contribution in [0.1, 0.15) is 32.9 Å². The van der Waals surface area contributed by atoms with Gasteiger partial charge in [0.25, 0.3) is 0 Å². The lowest BCUT2D eigenvalue weighted by Gasteiger charge is -2.01. The van der Waals surface area contributed by atoms with Crippen molar-refractivity contribution >= 4 is 17.3 Å². The molecule has 0 aliphatic heterocycles. The lowest BCUT2D eigenvalue weighted by atomic mass is 10.1. The number of aryl methyl sites for hydroxylation is 1. The molecule has 0 aliphatic carbocycles. The van der Waals surface area contributed by atoms with Crippen molar-refractivity contribution in [3.8, 4) is 0 Å². The third-order valence-electron chi connectivity index (χ3n) is 2.59. The number of nitrogens with zero attached hydrogens (tertiary/aromatic N) is 1. The standard InChI is InChI=1S/C13H11F2NO2S/c1-2-11-16-10(12(19-11)13(17)18)6-7-3-4-8(14)9(15)5-7/h3-5H,2,6H2,1H3,(H,17,18). The molecule has 1 aromatic heterocycles. The van der Waals surface area contributed by atoms with Gasteiger partial charge in [-0.05, 0) is 24.1 Å². The molecular weight excluding hydrogens is 272 g/mol. The Bertz CT molecular complexity index is 625. The zero-order valence-electron chi connectivity index (χ0n) is 10.1. The zero-order valence-corrected chi connectivity index (χ0v) is 10.9. The minimum absolute atomic E-state index is 0.154. The average molecular weight is 283 g/mol. The second kappa shape index (κ2) is 5.44. The molecule has 0 unspecified atom stereocenters. The van der Waals surface area contributed by atoms with Crippen LogP contribution in [0, 0.1) is 11.6 Å². The molecule has 0 bridgehead atoms. The molecule has 0 aliphatic rings. The highest BCUT2D eigenvalue weighted by molar-refractivity contribution is 7.13. The van der Waals surface area contributed by atoms with E-state index in [1.165, 1.54) is 6.07 Å². The Kier molecular flexibility index (Phi) is 3.90. The SMILES string of the molecule is CCc1nc(Cc2ccc(F)c(F)c2)c(C(=O)O)s1. The van der Waals surface area contributed by atoms with E-state index in [0.717, 1.165) is 28.5 Å². The van der Waals surface area contributed by atoms with Crippen LogP contribution in [0.4, 0.5) is 8.78 Å². The number of carboxylic acid groups (broad SMARTS) is 1. The maximum Gasteiger partial charge on any atom is 0.347 e. The van der Waals surface area contributed by atoms with Crippen LogP contribution >= 0.6 is 11.3 Å². The number of hydrogen-bond acceptors (Lipinski definition) is 3. The van der Waals surface area contributed by atoms with E-state index in [4.69, 9.17) is 5.11 Å². The number of carbonyl (C=O) groups is 1. The van der Waals surface area contributed by atoms with Crippen molar-refractivity contribution in [1.82, 2.24) is 4.98 Å². The third kappa shape index (κ3) is 2.96. The van der Waals surface area contributed by atoms with E-state index in [-0.39, 0.29) is 11.3 Å². The number of hydrogen-bond donors (Lipinski definition) is 1. The van der Waals surface area contributed by atoms with Gasteiger partial charge < -0.3 is 5.11 Å². The Labute approximate surface area is 112 Å². The normalized spacial score (nSPS) is 10.7. The Morgan fingerprint density at radius 3 is 2.68 bits per heavy atom. The minimum atomic E-state index is -1.05. The van der Waals surface area contributed by atoms with Crippen LogP contribution < -0.4 is 0 Å². The van der Waals surface area contributed by atoms with Crippen LogP contribution in [0.25, 0.3) is 0 Å². The number of rotatable bonds is 4. The summed E-state index contributed by atoms with van der Waals surface area (Å²) in [4.78, 5) is 15.5. The van der Waals surface area contributed by atoms with E-state index in [1.807, 2.05) is 6.92 Å². The van der Waals surface area contributed by atoms with Crippen LogP contribution in [-0.2, 0) is 12.8 Å². The summed E-state index contributed by atoms with van der Waals surface area (Å²) >= 11 is 1.12. The van der Waals surface area contributed by atoms with Crippen LogP contribution in [0.3, 0.4) is 0 Å². The van der Waals surface area contributed by atoms with Crippen molar-refractivity contribution in [2.75, 3.05) is 0 Å². The summed E-state index contributed by atoms with van der Waals surface area (Å²) in [6.45, 7) is 1.88. The van der Waals surface area contributed by atoms with Crippen molar-refractivity contribution in [2.24, 2.45) is 0 Å². The highest BCUT2D eigenvalue weighted by Crippen LogP contribution is 2.22. The predicted octanol–water partition coefficient (Wildman–Crippen LogP) is 3.27. The van der Waals surface area contributed by atoms with Gasteiger partial charge in [0.1, 0.15) is 4.88 Å². The monoisotopic (exact) mass is 283 g/mol. The van der Waals surface area contributed by atoms with Crippen molar-refractivity contribution < 1.29 is 18.7 Å². The van der Waals surface area contributed by atoms with Gasteiger partial charge in [0.2, 0.25) is 0 Å². The van der Waals surface area contributed by atoms with Crippen molar-refractivity contribution in [3.05, 3.63) is 51.0 Å². The van der Waals surface area contributed by atoms with Crippen LogP contribution in [0.2, 0.25) is 0 Å². The van der Waals surface area contributed by atoms with Gasteiger partial charge in [-0.25, -0.2) is 18.6 Å². The molecule has 100 valence electrons. The van der Waals surface area contributed by atoms with Gasteiger partial charge >= 0.3 is 5.97 Å². The van der Waals surface area contributed by atoms with E-state index < -0.39 is 17.6 Å². The number of aromatic nitrogens is 1. The summed E-state index contributed by atoms with van der Waals surface area (Å²) in [5.41, 5.74) is 0.884. The summed E-state index contributed by atoms with van der Waals surface area (Å²) in [5.74, 6) is -2.91. The van der Waals surface area contributed by atoms with Crippen molar-refractivity contribution in [3.63, 3.8) is 0 Å². The second-order valence-electron chi connectivity index (χ2n) is 3.97. The first-order valence-electron chi connectivity index (χ1n) is 5.67. The average Bonchev–Trinajstić information content (AvgIpc) is 2.77. The highest BCUT2D eigenvalue weighted by atomic mass is 32.1. The van der Waals surface area contributed by atoms with E-state index in [0.29, 0.717) is 17.7 Å². The lowest BCUT2D eigenvalue weighted by molar-refractivity contribution is 0.0701. The molecular formula is C13H11F2NO2S. The van der Waals surface area contributed by atoms with Gasteiger partial charge in [0, 0.05) is 6.42 Å². The van der Waals surface area contributed by atoms with E-state index in [2.05, 4.69) is 4.98 Å². The lowest BCUT2D eigenvalue weighted by Crippen LogP contribution is -2.00. The van der Waals surface area contributed by atoms with Gasteiger partial charge in [-0.3, -0.25) is 0 Å². The van der Waals surface area contributed by atoms with Gasteiger partial charge in [-0.1, -0.05) is 13.0 Å². The predicted molar refractivity (Wildman–Crippen MR) is 67.6 cm³/mol. The topological polar surface area (TPSA) is 50.2 Å².